The summed E-state index contributed by atoms with van der Waals surface area (Å²) in [4.78, 5) is 5.29. The minimum absolute atomic E-state index is 0.334. The molecule has 2 fully saturated rings. The van der Waals surface area contributed by atoms with Crippen LogP contribution in [0.5, 0.6) is 0 Å². The zero-order valence-electron chi connectivity index (χ0n) is 12.9. The van der Waals surface area contributed by atoms with Gasteiger partial charge in [-0.2, -0.15) is 0 Å². The van der Waals surface area contributed by atoms with Crippen LogP contribution in [0.2, 0.25) is 0 Å². The normalized spacial score (nSPS) is 25.6. The van der Waals surface area contributed by atoms with Crippen LogP contribution in [-0.4, -0.2) is 48.6 Å². The van der Waals surface area contributed by atoms with Crippen LogP contribution < -0.4 is 5.73 Å². The maximum absolute atomic E-state index is 6.15. The molecule has 0 amide bonds. The summed E-state index contributed by atoms with van der Waals surface area (Å²) in [7, 11) is 0. The Morgan fingerprint density at radius 3 is 2.86 bits per heavy atom. The highest BCUT2D eigenvalue weighted by molar-refractivity contribution is 9.10. The Balaban J connectivity index is 1.81. The van der Waals surface area contributed by atoms with Crippen molar-refractivity contribution in [3.63, 3.8) is 0 Å². The molecule has 4 heteroatoms. The highest BCUT2D eigenvalue weighted by atomic mass is 79.9. The number of hydrogen-bond donors (Lipinski definition) is 1. The number of hydrogen-bond acceptors (Lipinski definition) is 3. The van der Waals surface area contributed by atoms with Gasteiger partial charge in [-0.05, 0) is 56.5 Å². The van der Waals surface area contributed by atoms with Crippen LogP contribution in [0.25, 0.3) is 0 Å². The molecule has 2 heterocycles. The molecular weight excluding hydrogens is 326 g/mol. The van der Waals surface area contributed by atoms with E-state index in [2.05, 4.69) is 50.9 Å². The Kier molecular flexibility index (Phi) is 4.99. The molecule has 2 N–H and O–H groups in total. The second-order valence-corrected chi connectivity index (χ2v) is 7.31. The zero-order chi connectivity index (χ0) is 14.8. The summed E-state index contributed by atoms with van der Waals surface area (Å²) in [6.45, 7) is 7.70. The number of nitrogens with zero attached hydrogens (tertiary/aromatic N) is 2. The predicted octanol–water partition coefficient (Wildman–Crippen LogP) is 2.93. The van der Waals surface area contributed by atoms with E-state index in [0.29, 0.717) is 12.6 Å². The maximum Gasteiger partial charge on any atom is 0.0482 e. The second kappa shape index (κ2) is 6.78. The van der Waals surface area contributed by atoms with E-state index in [4.69, 9.17) is 5.73 Å². The molecule has 1 aromatic carbocycles. The van der Waals surface area contributed by atoms with Gasteiger partial charge in [0.25, 0.3) is 0 Å². The number of nitrogens with two attached hydrogens (primary N) is 1. The van der Waals surface area contributed by atoms with Crippen LogP contribution in [0.15, 0.2) is 22.7 Å². The predicted molar refractivity (Wildman–Crippen MR) is 91.5 cm³/mol. The maximum atomic E-state index is 6.15. The van der Waals surface area contributed by atoms with Crippen LogP contribution in [0.1, 0.15) is 36.4 Å². The monoisotopic (exact) mass is 351 g/mol. The number of benzene rings is 1. The Labute approximate surface area is 136 Å². The van der Waals surface area contributed by atoms with Gasteiger partial charge in [0.2, 0.25) is 0 Å². The molecule has 0 aromatic heterocycles. The van der Waals surface area contributed by atoms with Crippen molar-refractivity contribution in [1.29, 1.82) is 0 Å². The molecule has 0 bridgehead atoms. The molecule has 2 aliphatic heterocycles. The van der Waals surface area contributed by atoms with E-state index in [1.54, 1.807) is 0 Å². The largest absolute Gasteiger partial charge is 0.329 e. The molecular formula is C17H26BrN3. The molecule has 2 unspecified atom stereocenters. The first kappa shape index (κ1) is 15.5. The van der Waals surface area contributed by atoms with E-state index in [-0.39, 0.29) is 0 Å². The van der Waals surface area contributed by atoms with Gasteiger partial charge in [-0.3, -0.25) is 9.80 Å². The fraction of sp³-hybridized carbons (Fsp3) is 0.647. The molecule has 2 aliphatic rings. The van der Waals surface area contributed by atoms with Crippen LogP contribution in [0.4, 0.5) is 0 Å². The average Bonchev–Trinajstić information content (AvgIpc) is 2.80. The van der Waals surface area contributed by atoms with Crippen molar-refractivity contribution in [2.24, 2.45) is 5.73 Å². The lowest BCUT2D eigenvalue weighted by molar-refractivity contribution is 0.175. The van der Waals surface area contributed by atoms with Crippen molar-refractivity contribution in [1.82, 2.24) is 9.80 Å². The zero-order valence-corrected chi connectivity index (χ0v) is 14.5. The fourth-order valence-corrected chi connectivity index (χ4v) is 4.65. The van der Waals surface area contributed by atoms with Crippen molar-refractivity contribution in [3.05, 3.63) is 33.8 Å². The van der Waals surface area contributed by atoms with Crippen LogP contribution in [-0.2, 0) is 0 Å². The van der Waals surface area contributed by atoms with E-state index in [9.17, 15) is 0 Å². The molecule has 3 nitrogen and oxygen atoms in total. The average molecular weight is 352 g/mol. The third-order valence-corrected chi connectivity index (χ3v) is 5.70. The molecule has 116 valence electrons. The lowest BCUT2D eigenvalue weighted by Gasteiger charge is -2.33. The first-order chi connectivity index (χ1) is 10.2. The van der Waals surface area contributed by atoms with Crippen molar-refractivity contribution in [3.8, 4) is 0 Å². The Hall–Kier alpha value is -0.420. The van der Waals surface area contributed by atoms with Gasteiger partial charge >= 0.3 is 0 Å². The van der Waals surface area contributed by atoms with Gasteiger partial charge in [0.15, 0.2) is 0 Å². The van der Waals surface area contributed by atoms with Crippen molar-refractivity contribution >= 4 is 15.9 Å². The molecule has 0 aliphatic carbocycles. The van der Waals surface area contributed by atoms with Gasteiger partial charge in [-0.1, -0.05) is 28.1 Å². The third kappa shape index (κ3) is 3.34. The van der Waals surface area contributed by atoms with E-state index >= 15 is 0 Å². The third-order valence-electron chi connectivity index (χ3n) is 5.01. The first-order valence-electron chi connectivity index (χ1n) is 8.13. The standard InChI is InChI=1S/C17H26BrN3/c1-13-5-6-15(16(18)10-13)17(11-19)21-9-3-8-20-7-2-4-14(20)12-21/h5-6,10,14,17H,2-4,7-9,11-12,19H2,1H3. The smallest absolute Gasteiger partial charge is 0.0482 e. The number of rotatable bonds is 3. The van der Waals surface area contributed by atoms with Gasteiger partial charge in [0, 0.05) is 36.2 Å². The minimum atomic E-state index is 0.334. The van der Waals surface area contributed by atoms with E-state index in [1.807, 2.05) is 0 Å². The highest BCUT2D eigenvalue weighted by Gasteiger charge is 2.32. The quantitative estimate of drug-likeness (QED) is 0.908. The molecule has 21 heavy (non-hydrogen) atoms. The molecule has 1 aromatic rings. The van der Waals surface area contributed by atoms with Gasteiger partial charge < -0.3 is 5.73 Å². The molecule has 0 radical (unpaired) electrons. The summed E-state index contributed by atoms with van der Waals surface area (Å²) in [6, 6.07) is 7.72. The van der Waals surface area contributed by atoms with E-state index in [0.717, 1.165) is 12.6 Å². The lowest BCUT2D eigenvalue weighted by atomic mass is 10.0. The summed E-state index contributed by atoms with van der Waals surface area (Å²) in [5.74, 6) is 0. The molecule has 2 atom stereocenters. The van der Waals surface area contributed by atoms with Crippen molar-refractivity contribution < 1.29 is 0 Å². The summed E-state index contributed by atoms with van der Waals surface area (Å²) >= 11 is 3.74. The van der Waals surface area contributed by atoms with Gasteiger partial charge in [-0.15, -0.1) is 0 Å². The topological polar surface area (TPSA) is 32.5 Å². The number of aryl methyl sites for hydroxylation is 1. The molecule has 3 rings (SSSR count). The Morgan fingerprint density at radius 2 is 2.10 bits per heavy atom. The number of halogens is 1. The van der Waals surface area contributed by atoms with Gasteiger partial charge in [0.1, 0.15) is 0 Å². The lowest BCUT2D eigenvalue weighted by Crippen LogP contribution is -2.40. The summed E-state index contributed by atoms with van der Waals surface area (Å²) in [6.07, 6.45) is 3.97. The van der Waals surface area contributed by atoms with Gasteiger partial charge in [0.05, 0.1) is 0 Å². The molecule has 0 spiro atoms. The van der Waals surface area contributed by atoms with Crippen molar-refractivity contribution in [2.75, 3.05) is 32.7 Å². The summed E-state index contributed by atoms with van der Waals surface area (Å²) in [5.41, 5.74) is 8.79. The first-order valence-corrected chi connectivity index (χ1v) is 8.92. The van der Waals surface area contributed by atoms with Gasteiger partial charge in [-0.25, -0.2) is 0 Å². The van der Waals surface area contributed by atoms with Crippen LogP contribution >= 0.6 is 15.9 Å². The Bertz CT molecular complexity index is 491. The molecule has 0 saturated carbocycles. The number of fused-ring (bicyclic) bond motifs is 1. The fourth-order valence-electron chi connectivity index (χ4n) is 3.89. The van der Waals surface area contributed by atoms with Crippen LogP contribution in [0.3, 0.4) is 0 Å². The SMILES string of the molecule is Cc1ccc(C(CN)N2CCCN3CCCC3C2)c(Br)c1. The second-order valence-electron chi connectivity index (χ2n) is 6.46. The summed E-state index contributed by atoms with van der Waals surface area (Å²) < 4.78 is 1.20. The highest BCUT2D eigenvalue weighted by Crippen LogP contribution is 2.31. The Morgan fingerprint density at radius 1 is 1.29 bits per heavy atom. The van der Waals surface area contributed by atoms with E-state index in [1.165, 1.54) is 54.5 Å². The minimum Gasteiger partial charge on any atom is -0.329 e. The van der Waals surface area contributed by atoms with Crippen LogP contribution in [0, 0.1) is 6.92 Å². The van der Waals surface area contributed by atoms with Crippen molar-refractivity contribution in [2.45, 2.75) is 38.3 Å². The summed E-state index contributed by atoms with van der Waals surface area (Å²) in [5, 5.41) is 0. The molecule has 2 saturated heterocycles. The van der Waals surface area contributed by atoms with E-state index < -0.39 is 0 Å².